The minimum atomic E-state index is -0.276. The Morgan fingerprint density at radius 2 is 2.33 bits per heavy atom. The van der Waals surface area contributed by atoms with E-state index < -0.39 is 0 Å². The molecule has 18 heavy (non-hydrogen) atoms. The standard InChI is InChI=1S/C13H17ClN2O2/c1-9-7-10(14)3-4-12(9)16-11(5-6-15-2)8-18-13(16)17/h3-4,7,11,15H,5-6,8H2,1-2H3. The van der Waals surface area contributed by atoms with Crippen LogP contribution in [0.4, 0.5) is 10.5 Å². The predicted octanol–water partition coefficient (Wildman–Crippen LogP) is 2.58. The fourth-order valence-corrected chi connectivity index (χ4v) is 2.39. The van der Waals surface area contributed by atoms with Crippen LogP contribution in [0, 0.1) is 6.92 Å². The number of nitrogens with zero attached hydrogens (tertiary/aromatic N) is 1. The summed E-state index contributed by atoms with van der Waals surface area (Å²) in [5, 5.41) is 3.77. The van der Waals surface area contributed by atoms with Gasteiger partial charge in [-0.25, -0.2) is 4.79 Å². The Morgan fingerprint density at radius 1 is 1.56 bits per heavy atom. The smallest absolute Gasteiger partial charge is 0.414 e. The summed E-state index contributed by atoms with van der Waals surface area (Å²) >= 11 is 5.94. The van der Waals surface area contributed by atoms with Crippen LogP contribution in [-0.2, 0) is 4.74 Å². The Kier molecular flexibility index (Phi) is 4.09. The maximum Gasteiger partial charge on any atom is 0.414 e. The zero-order valence-corrected chi connectivity index (χ0v) is 11.3. The molecule has 1 atom stereocenters. The normalized spacial score (nSPS) is 19.2. The van der Waals surface area contributed by atoms with Gasteiger partial charge in [-0.3, -0.25) is 4.90 Å². The highest BCUT2D eigenvalue weighted by Gasteiger charge is 2.34. The number of halogens is 1. The first-order chi connectivity index (χ1) is 8.63. The molecule has 98 valence electrons. The van der Waals surface area contributed by atoms with Crippen molar-refractivity contribution in [3.63, 3.8) is 0 Å². The molecule has 1 aromatic rings. The molecule has 0 aromatic heterocycles. The second-order valence-corrected chi connectivity index (χ2v) is 4.86. The number of benzene rings is 1. The third-order valence-electron chi connectivity index (χ3n) is 3.11. The average molecular weight is 269 g/mol. The number of nitrogens with one attached hydrogen (secondary N) is 1. The van der Waals surface area contributed by atoms with E-state index in [1.807, 2.05) is 26.1 Å². The van der Waals surface area contributed by atoms with Crippen molar-refractivity contribution in [2.45, 2.75) is 19.4 Å². The molecule has 1 N–H and O–H groups in total. The van der Waals surface area contributed by atoms with Crippen molar-refractivity contribution in [1.82, 2.24) is 5.32 Å². The van der Waals surface area contributed by atoms with Crippen LogP contribution in [0.2, 0.25) is 5.02 Å². The number of aryl methyl sites for hydroxylation is 1. The lowest BCUT2D eigenvalue weighted by molar-refractivity contribution is 0.178. The molecule has 5 heteroatoms. The van der Waals surface area contributed by atoms with E-state index in [1.165, 1.54) is 0 Å². The maximum absolute atomic E-state index is 11.8. The van der Waals surface area contributed by atoms with Crippen LogP contribution >= 0.6 is 11.6 Å². The van der Waals surface area contributed by atoms with Gasteiger partial charge in [0.1, 0.15) is 6.61 Å². The third-order valence-corrected chi connectivity index (χ3v) is 3.34. The van der Waals surface area contributed by atoms with Crippen LogP contribution in [0.25, 0.3) is 0 Å². The highest BCUT2D eigenvalue weighted by Crippen LogP contribution is 2.29. The number of rotatable bonds is 4. The highest BCUT2D eigenvalue weighted by atomic mass is 35.5. The van der Waals surface area contributed by atoms with Gasteiger partial charge in [0.15, 0.2) is 0 Å². The average Bonchev–Trinajstić information content (AvgIpc) is 2.68. The molecule has 0 radical (unpaired) electrons. The van der Waals surface area contributed by atoms with Gasteiger partial charge in [-0.2, -0.15) is 0 Å². The number of cyclic esters (lactones) is 1. The first-order valence-electron chi connectivity index (χ1n) is 6.00. The summed E-state index contributed by atoms with van der Waals surface area (Å²) in [7, 11) is 1.90. The van der Waals surface area contributed by atoms with Crippen molar-refractivity contribution in [2.75, 3.05) is 25.1 Å². The number of anilines is 1. The van der Waals surface area contributed by atoms with Crippen LogP contribution in [0.15, 0.2) is 18.2 Å². The van der Waals surface area contributed by atoms with E-state index in [9.17, 15) is 4.79 Å². The van der Waals surface area contributed by atoms with Crippen LogP contribution in [0.1, 0.15) is 12.0 Å². The molecule has 1 aliphatic heterocycles. The number of carbonyl (C=O) groups is 1. The summed E-state index contributed by atoms with van der Waals surface area (Å²) in [5.41, 5.74) is 1.86. The molecule has 0 aliphatic carbocycles. The number of carbonyl (C=O) groups excluding carboxylic acids is 1. The largest absolute Gasteiger partial charge is 0.447 e. The second-order valence-electron chi connectivity index (χ2n) is 4.42. The summed E-state index contributed by atoms with van der Waals surface area (Å²) in [6, 6.07) is 5.61. The summed E-state index contributed by atoms with van der Waals surface area (Å²) in [6.07, 6.45) is 0.589. The molecule has 4 nitrogen and oxygen atoms in total. The topological polar surface area (TPSA) is 41.6 Å². The second kappa shape index (κ2) is 5.59. The monoisotopic (exact) mass is 268 g/mol. The van der Waals surface area contributed by atoms with Crippen molar-refractivity contribution in [3.8, 4) is 0 Å². The molecule has 1 saturated heterocycles. The van der Waals surface area contributed by atoms with Gasteiger partial charge >= 0.3 is 6.09 Å². The predicted molar refractivity (Wildman–Crippen MR) is 72.3 cm³/mol. The molecule has 1 heterocycles. The minimum absolute atomic E-state index is 0.0878. The van der Waals surface area contributed by atoms with Crippen molar-refractivity contribution >= 4 is 23.4 Å². The Hall–Kier alpha value is -1.26. The van der Waals surface area contributed by atoms with E-state index in [-0.39, 0.29) is 12.1 Å². The minimum Gasteiger partial charge on any atom is -0.447 e. The fourth-order valence-electron chi connectivity index (χ4n) is 2.17. The van der Waals surface area contributed by atoms with E-state index in [0.29, 0.717) is 11.6 Å². The van der Waals surface area contributed by atoms with Crippen molar-refractivity contribution < 1.29 is 9.53 Å². The fraction of sp³-hybridized carbons (Fsp3) is 0.462. The number of ether oxygens (including phenoxy) is 1. The highest BCUT2D eigenvalue weighted by molar-refractivity contribution is 6.30. The van der Waals surface area contributed by atoms with Crippen molar-refractivity contribution in [3.05, 3.63) is 28.8 Å². The van der Waals surface area contributed by atoms with Crippen LogP contribution in [0.5, 0.6) is 0 Å². The molecule has 1 fully saturated rings. The van der Waals surface area contributed by atoms with Crippen molar-refractivity contribution in [2.24, 2.45) is 0 Å². The van der Waals surface area contributed by atoms with E-state index in [2.05, 4.69) is 5.32 Å². The number of hydrogen-bond acceptors (Lipinski definition) is 3. The first-order valence-corrected chi connectivity index (χ1v) is 6.38. The van der Waals surface area contributed by atoms with Crippen molar-refractivity contribution in [1.29, 1.82) is 0 Å². The molecular formula is C13H17ClN2O2. The Balaban J connectivity index is 2.25. The first kappa shape index (κ1) is 13.2. The summed E-state index contributed by atoms with van der Waals surface area (Å²) in [4.78, 5) is 13.6. The summed E-state index contributed by atoms with van der Waals surface area (Å²) in [5.74, 6) is 0. The maximum atomic E-state index is 11.8. The zero-order chi connectivity index (χ0) is 13.1. The number of hydrogen-bond donors (Lipinski definition) is 1. The summed E-state index contributed by atoms with van der Waals surface area (Å²) in [6.45, 7) is 3.25. The lowest BCUT2D eigenvalue weighted by atomic mass is 10.1. The van der Waals surface area contributed by atoms with Gasteiger partial charge in [-0.05, 0) is 50.7 Å². The Bertz CT molecular complexity index is 451. The Labute approximate surface area is 112 Å². The molecule has 1 aliphatic rings. The van der Waals surface area contributed by atoms with E-state index in [0.717, 1.165) is 24.2 Å². The third kappa shape index (κ3) is 2.60. The zero-order valence-electron chi connectivity index (χ0n) is 10.6. The van der Waals surface area contributed by atoms with E-state index >= 15 is 0 Å². The van der Waals surface area contributed by atoms with Gasteiger partial charge in [0.25, 0.3) is 0 Å². The molecule has 0 bridgehead atoms. The molecule has 1 unspecified atom stereocenters. The van der Waals surface area contributed by atoms with E-state index in [1.54, 1.807) is 11.0 Å². The van der Waals surface area contributed by atoms with Crippen LogP contribution in [-0.4, -0.2) is 32.3 Å². The Morgan fingerprint density at radius 3 is 3.00 bits per heavy atom. The molecule has 0 saturated carbocycles. The van der Waals surface area contributed by atoms with Gasteiger partial charge in [0.2, 0.25) is 0 Å². The molecule has 0 spiro atoms. The van der Waals surface area contributed by atoms with E-state index in [4.69, 9.17) is 16.3 Å². The SMILES string of the molecule is CNCCC1COC(=O)N1c1ccc(Cl)cc1C. The lowest BCUT2D eigenvalue weighted by Gasteiger charge is -2.23. The molecule has 2 rings (SSSR count). The van der Waals surface area contributed by atoms with Crippen LogP contribution in [0.3, 0.4) is 0 Å². The van der Waals surface area contributed by atoms with Gasteiger partial charge < -0.3 is 10.1 Å². The number of amides is 1. The molecular weight excluding hydrogens is 252 g/mol. The van der Waals surface area contributed by atoms with Gasteiger partial charge in [-0.1, -0.05) is 11.6 Å². The lowest BCUT2D eigenvalue weighted by Crippen LogP contribution is -2.35. The van der Waals surface area contributed by atoms with Gasteiger partial charge in [0.05, 0.1) is 11.7 Å². The van der Waals surface area contributed by atoms with Crippen LogP contribution < -0.4 is 10.2 Å². The quantitative estimate of drug-likeness (QED) is 0.913. The van der Waals surface area contributed by atoms with Gasteiger partial charge in [-0.15, -0.1) is 0 Å². The van der Waals surface area contributed by atoms with Gasteiger partial charge in [0, 0.05) is 5.02 Å². The molecule has 1 amide bonds. The molecule has 1 aromatic carbocycles. The summed E-state index contributed by atoms with van der Waals surface area (Å²) < 4.78 is 5.14.